The van der Waals surface area contributed by atoms with Crippen molar-refractivity contribution in [3.8, 4) is 5.75 Å². The zero-order valence-corrected chi connectivity index (χ0v) is 9.96. The number of rotatable bonds is 6. The van der Waals surface area contributed by atoms with Crippen molar-refractivity contribution in [2.75, 3.05) is 6.61 Å². The second-order valence-electron chi connectivity index (χ2n) is 3.17. The van der Waals surface area contributed by atoms with Gasteiger partial charge in [-0.3, -0.25) is 10.4 Å². The van der Waals surface area contributed by atoms with Crippen LogP contribution in [0.3, 0.4) is 0 Å². The fraction of sp³-hybridized carbons (Fsp3) is 0.400. The Morgan fingerprint density at radius 2 is 2.27 bits per heavy atom. The molecule has 1 heterocycles. The van der Waals surface area contributed by atoms with Crippen LogP contribution >= 0.6 is 15.9 Å². The lowest BCUT2D eigenvalue weighted by molar-refractivity contribution is 0.306. The van der Waals surface area contributed by atoms with E-state index < -0.39 is 0 Å². The maximum Gasteiger partial charge on any atom is 0.138 e. The van der Waals surface area contributed by atoms with Gasteiger partial charge in [0.1, 0.15) is 5.75 Å². The van der Waals surface area contributed by atoms with Crippen LogP contribution in [0.25, 0.3) is 0 Å². The van der Waals surface area contributed by atoms with E-state index in [1.807, 2.05) is 6.07 Å². The average Bonchev–Trinajstić information content (AvgIpc) is 2.17. The maximum atomic E-state index is 7.04. The van der Waals surface area contributed by atoms with Gasteiger partial charge in [-0.2, -0.15) is 0 Å². The van der Waals surface area contributed by atoms with Crippen molar-refractivity contribution in [2.45, 2.75) is 19.3 Å². The molecular weight excluding hydrogens is 258 g/mol. The molecule has 5 heteroatoms. The number of ether oxygens (including phenoxy) is 1. The number of nitrogens with one attached hydrogen (secondary N) is 1. The lowest BCUT2D eigenvalue weighted by atomic mass is 10.2. The molecule has 0 saturated carbocycles. The zero-order chi connectivity index (χ0) is 11.1. The van der Waals surface area contributed by atoms with E-state index in [2.05, 4.69) is 20.9 Å². The van der Waals surface area contributed by atoms with Crippen molar-refractivity contribution in [1.82, 2.24) is 4.98 Å². The Morgan fingerprint density at radius 3 is 2.93 bits per heavy atom. The van der Waals surface area contributed by atoms with Crippen molar-refractivity contribution >= 4 is 21.8 Å². The predicted octanol–water partition coefficient (Wildman–Crippen LogP) is 2.33. The normalized spacial score (nSPS) is 9.93. The number of amidine groups is 1. The molecule has 0 amide bonds. The predicted molar refractivity (Wildman–Crippen MR) is 63.2 cm³/mol. The van der Waals surface area contributed by atoms with Gasteiger partial charge in [0.05, 0.1) is 18.6 Å². The number of unbranched alkanes of at least 4 members (excludes halogenated alkanes) is 1. The minimum Gasteiger partial charge on any atom is -0.492 e. The molecule has 0 fully saturated rings. The quantitative estimate of drug-likeness (QED) is 0.474. The van der Waals surface area contributed by atoms with E-state index in [9.17, 15) is 0 Å². The summed E-state index contributed by atoms with van der Waals surface area (Å²) in [5, 5.41) is 7.04. The van der Waals surface area contributed by atoms with Gasteiger partial charge in [-0.15, -0.1) is 0 Å². The molecule has 1 rings (SSSR count). The highest BCUT2D eigenvalue weighted by molar-refractivity contribution is 9.10. The largest absolute Gasteiger partial charge is 0.492 e. The summed E-state index contributed by atoms with van der Waals surface area (Å²) in [6.45, 7) is 0.630. The molecule has 15 heavy (non-hydrogen) atoms. The van der Waals surface area contributed by atoms with Crippen molar-refractivity contribution in [3.05, 3.63) is 22.9 Å². The molecule has 0 aliphatic rings. The van der Waals surface area contributed by atoms with E-state index >= 15 is 0 Å². The average molecular weight is 272 g/mol. The Morgan fingerprint density at radius 1 is 1.47 bits per heavy atom. The van der Waals surface area contributed by atoms with Gasteiger partial charge in [-0.05, 0) is 34.8 Å². The Hall–Kier alpha value is -1.10. The van der Waals surface area contributed by atoms with Crippen molar-refractivity contribution in [2.24, 2.45) is 5.73 Å². The van der Waals surface area contributed by atoms with Gasteiger partial charge in [-0.1, -0.05) is 0 Å². The highest BCUT2D eigenvalue weighted by atomic mass is 79.9. The Labute approximate surface area is 97.5 Å². The lowest BCUT2D eigenvalue weighted by Crippen LogP contribution is -2.09. The third-order valence-corrected chi connectivity index (χ3v) is 2.22. The first-order chi connectivity index (χ1) is 7.18. The fourth-order valence-corrected chi connectivity index (χ4v) is 1.42. The smallest absolute Gasteiger partial charge is 0.138 e. The van der Waals surface area contributed by atoms with Crippen LogP contribution in [-0.4, -0.2) is 17.4 Å². The SMILES string of the molecule is N=C(N)CCCCOc1cncc(Br)c1. The van der Waals surface area contributed by atoms with E-state index in [-0.39, 0.29) is 5.84 Å². The topological polar surface area (TPSA) is 72.0 Å². The standard InChI is InChI=1S/C10H14BrN3O/c11-8-5-9(7-14-6-8)15-4-2-1-3-10(12)13/h5-7H,1-4H2,(H3,12,13). The van der Waals surface area contributed by atoms with Gasteiger partial charge in [0.25, 0.3) is 0 Å². The Bertz CT molecular complexity index is 330. The van der Waals surface area contributed by atoms with Crippen molar-refractivity contribution < 1.29 is 4.74 Å². The number of pyridine rings is 1. The Balaban J connectivity index is 2.17. The van der Waals surface area contributed by atoms with E-state index in [0.717, 1.165) is 23.1 Å². The monoisotopic (exact) mass is 271 g/mol. The molecule has 0 saturated heterocycles. The lowest BCUT2D eigenvalue weighted by Gasteiger charge is -2.05. The molecule has 3 N–H and O–H groups in total. The summed E-state index contributed by atoms with van der Waals surface area (Å²) in [4.78, 5) is 3.99. The summed E-state index contributed by atoms with van der Waals surface area (Å²) in [5.74, 6) is 0.992. The van der Waals surface area contributed by atoms with Crippen LogP contribution in [0.4, 0.5) is 0 Å². The summed E-state index contributed by atoms with van der Waals surface area (Å²) in [5.41, 5.74) is 5.23. The second kappa shape index (κ2) is 6.40. The van der Waals surface area contributed by atoms with E-state index in [1.54, 1.807) is 12.4 Å². The summed E-state index contributed by atoms with van der Waals surface area (Å²) >= 11 is 3.32. The third kappa shape index (κ3) is 5.37. The summed E-state index contributed by atoms with van der Waals surface area (Å²) < 4.78 is 6.37. The molecule has 0 bridgehead atoms. The van der Waals surface area contributed by atoms with E-state index in [4.69, 9.17) is 15.9 Å². The molecule has 0 unspecified atom stereocenters. The Kier molecular flexibility index (Phi) is 5.10. The highest BCUT2D eigenvalue weighted by Gasteiger charge is 1.96. The van der Waals surface area contributed by atoms with Gasteiger partial charge in [0.2, 0.25) is 0 Å². The first-order valence-electron chi connectivity index (χ1n) is 4.75. The van der Waals surface area contributed by atoms with Crippen molar-refractivity contribution in [1.29, 1.82) is 5.41 Å². The molecule has 82 valence electrons. The molecule has 4 nitrogen and oxygen atoms in total. The summed E-state index contributed by atoms with van der Waals surface area (Å²) in [6.07, 6.45) is 5.81. The minimum atomic E-state index is 0.235. The summed E-state index contributed by atoms with van der Waals surface area (Å²) in [6, 6.07) is 1.87. The van der Waals surface area contributed by atoms with Gasteiger partial charge >= 0.3 is 0 Å². The van der Waals surface area contributed by atoms with Crippen LogP contribution < -0.4 is 10.5 Å². The number of halogens is 1. The third-order valence-electron chi connectivity index (χ3n) is 1.79. The van der Waals surface area contributed by atoms with Crippen LogP contribution in [0, 0.1) is 5.41 Å². The van der Waals surface area contributed by atoms with Crippen LogP contribution in [0.15, 0.2) is 22.9 Å². The van der Waals surface area contributed by atoms with Gasteiger partial charge in [0, 0.05) is 17.1 Å². The van der Waals surface area contributed by atoms with E-state index in [0.29, 0.717) is 13.0 Å². The zero-order valence-electron chi connectivity index (χ0n) is 8.37. The maximum absolute atomic E-state index is 7.04. The summed E-state index contributed by atoms with van der Waals surface area (Å²) in [7, 11) is 0. The van der Waals surface area contributed by atoms with Gasteiger partial charge in [0.15, 0.2) is 0 Å². The molecule has 0 aliphatic carbocycles. The molecule has 0 aromatic carbocycles. The van der Waals surface area contributed by atoms with Gasteiger partial charge < -0.3 is 10.5 Å². The first-order valence-corrected chi connectivity index (χ1v) is 5.54. The second-order valence-corrected chi connectivity index (χ2v) is 4.09. The van der Waals surface area contributed by atoms with Gasteiger partial charge in [-0.25, -0.2) is 0 Å². The number of hydrogen-bond donors (Lipinski definition) is 2. The molecule has 0 spiro atoms. The molecule has 1 aromatic rings. The van der Waals surface area contributed by atoms with Crippen LogP contribution in [0.2, 0.25) is 0 Å². The number of nitrogens with two attached hydrogens (primary N) is 1. The highest BCUT2D eigenvalue weighted by Crippen LogP contribution is 2.15. The number of nitrogens with zero attached hydrogens (tertiary/aromatic N) is 1. The van der Waals surface area contributed by atoms with Crippen LogP contribution in [0.1, 0.15) is 19.3 Å². The molecule has 0 radical (unpaired) electrons. The number of hydrogen-bond acceptors (Lipinski definition) is 3. The molecule has 0 aliphatic heterocycles. The fourth-order valence-electron chi connectivity index (χ4n) is 1.08. The minimum absolute atomic E-state index is 0.235. The molecular formula is C10H14BrN3O. The molecule has 0 atom stereocenters. The molecule has 1 aromatic heterocycles. The number of aromatic nitrogens is 1. The van der Waals surface area contributed by atoms with Crippen LogP contribution in [0.5, 0.6) is 5.75 Å². The van der Waals surface area contributed by atoms with E-state index in [1.165, 1.54) is 0 Å². The van der Waals surface area contributed by atoms with Crippen LogP contribution in [-0.2, 0) is 0 Å². The first kappa shape index (κ1) is 12.0. The van der Waals surface area contributed by atoms with Crippen molar-refractivity contribution in [3.63, 3.8) is 0 Å².